The molecule has 1 aliphatic heterocycles. The molecule has 1 aromatic heterocycles. The van der Waals surface area contributed by atoms with Gasteiger partial charge in [-0.2, -0.15) is 0 Å². The molecule has 1 saturated heterocycles. The van der Waals surface area contributed by atoms with Gasteiger partial charge in [0, 0.05) is 27.3 Å². The summed E-state index contributed by atoms with van der Waals surface area (Å²) in [4.78, 5) is 3.93. The van der Waals surface area contributed by atoms with E-state index in [1.54, 1.807) is 11.3 Å². The Morgan fingerprint density at radius 2 is 2.53 bits per heavy atom. The second kappa shape index (κ2) is 4.95. The molecular weight excluding hydrogens is 272 g/mol. The van der Waals surface area contributed by atoms with Crippen LogP contribution in [0.1, 0.15) is 30.7 Å². The molecule has 2 N–H and O–H groups in total. The molecule has 2 rings (SSSR count). The molecule has 2 heterocycles. The highest BCUT2D eigenvalue weighted by molar-refractivity contribution is 9.10. The molecule has 4 heteroatoms. The quantitative estimate of drug-likeness (QED) is 0.927. The van der Waals surface area contributed by atoms with Crippen molar-refractivity contribution in [3.63, 3.8) is 0 Å². The van der Waals surface area contributed by atoms with Gasteiger partial charge in [-0.25, -0.2) is 0 Å². The van der Waals surface area contributed by atoms with Crippen molar-refractivity contribution in [1.29, 1.82) is 0 Å². The lowest BCUT2D eigenvalue weighted by atomic mass is 10.2. The summed E-state index contributed by atoms with van der Waals surface area (Å²) in [5.41, 5.74) is 5.91. The number of rotatable bonds is 3. The molecule has 2 unspecified atom stereocenters. The lowest BCUT2D eigenvalue weighted by molar-refractivity contribution is 0.198. The van der Waals surface area contributed by atoms with Gasteiger partial charge in [-0.05, 0) is 48.3 Å². The van der Waals surface area contributed by atoms with E-state index in [0.717, 1.165) is 6.54 Å². The minimum absolute atomic E-state index is 0.416. The van der Waals surface area contributed by atoms with Crippen LogP contribution in [0, 0.1) is 0 Å². The number of hydrogen-bond acceptors (Lipinski definition) is 3. The van der Waals surface area contributed by atoms with Crippen molar-refractivity contribution in [2.75, 3.05) is 13.1 Å². The smallest absolute Gasteiger partial charge is 0.0567 e. The fourth-order valence-electron chi connectivity index (χ4n) is 2.34. The molecule has 0 spiro atoms. The van der Waals surface area contributed by atoms with Gasteiger partial charge in [0.15, 0.2) is 0 Å². The topological polar surface area (TPSA) is 29.3 Å². The Kier molecular flexibility index (Phi) is 3.83. The minimum Gasteiger partial charge on any atom is -0.329 e. The number of hydrogen-bond donors (Lipinski definition) is 1. The van der Waals surface area contributed by atoms with Crippen LogP contribution in [0.3, 0.4) is 0 Å². The van der Waals surface area contributed by atoms with Gasteiger partial charge >= 0.3 is 0 Å². The summed E-state index contributed by atoms with van der Waals surface area (Å²) in [6.07, 6.45) is 2.62. The van der Waals surface area contributed by atoms with Crippen molar-refractivity contribution >= 4 is 27.3 Å². The number of likely N-dealkylation sites (tertiary alicyclic amines) is 1. The van der Waals surface area contributed by atoms with Crippen LogP contribution in [0.15, 0.2) is 15.9 Å². The van der Waals surface area contributed by atoms with E-state index in [1.165, 1.54) is 28.7 Å². The summed E-state index contributed by atoms with van der Waals surface area (Å²) in [6.45, 7) is 4.22. The Hall–Kier alpha value is 0.1000. The highest BCUT2D eigenvalue weighted by Crippen LogP contribution is 2.33. The first-order chi connectivity index (χ1) is 7.22. The maximum atomic E-state index is 5.91. The maximum Gasteiger partial charge on any atom is 0.0567 e. The first kappa shape index (κ1) is 11.6. The van der Waals surface area contributed by atoms with Crippen molar-refractivity contribution in [1.82, 2.24) is 4.90 Å². The van der Waals surface area contributed by atoms with Crippen LogP contribution in [0.5, 0.6) is 0 Å². The molecule has 1 aromatic rings. The van der Waals surface area contributed by atoms with Gasteiger partial charge in [0.1, 0.15) is 0 Å². The fourth-order valence-corrected chi connectivity index (χ4v) is 3.92. The SMILES string of the molecule is CC1CCCN1C(CN)c1cc(Br)cs1. The van der Waals surface area contributed by atoms with E-state index in [4.69, 9.17) is 5.73 Å². The Morgan fingerprint density at radius 3 is 3.00 bits per heavy atom. The molecule has 1 fully saturated rings. The molecule has 1 aliphatic rings. The number of halogens is 1. The third kappa shape index (κ3) is 2.44. The molecular formula is C11H17BrN2S. The van der Waals surface area contributed by atoms with E-state index >= 15 is 0 Å². The Bertz CT molecular complexity index is 326. The summed E-state index contributed by atoms with van der Waals surface area (Å²) in [5.74, 6) is 0. The Labute approximate surface area is 104 Å². The molecule has 15 heavy (non-hydrogen) atoms. The van der Waals surface area contributed by atoms with Gasteiger partial charge in [-0.1, -0.05) is 0 Å². The largest absolute Gasteiger partial charge is 0.329 e. The molecule has 0 radical (unpaired) electrons. The highest BCUT2D eigenvalue weighted by Gasteiger charge is 2.28. The molecule has 0 aromatic carbocycles. The average Bonchev–Trinajstić information content (AvgIpc) is 2.79. The van der Waals surface area contributed by atoms with Crippen LogP contribution in [0.25, 0.3) is 0 Å². The third-order valence-electron chi connectivity index (χ3n) is 3.14. The van der Waals surface area contributed by atoms with Crippen molar-refractivity contribution < 1.29 is 0 Å². The summed E-state index contributed by atoms with van der Waals surface area (Å²) in [6, 6.07) is 3.30. The van der Waals surface area contributed by atoms with Crippen LogP contribution in [-0.4, -0.2) is 24.0 Å². The second-order valence-electron chi connectivity index (χ2n) is 4.15. The van der Waals surface area contributed by atoms with Crippen molar-refractivity contribution in [3.05, 3.63) is 20.8 Å². The highest BCUT2D eigenvalue weighted by atomic mass is 79.9. The summed E-state index contributed by atoms with van der Waals surface area (Å²) >= 11 is 5.31. The van der Waals surface area contributed by atoms with Gasteiger partial charge < -0.3 is 5.73 Å². The molecule has 2 nitrogen and oxygen atoms in total. The molecule has 0 aliphatic carbocycles. The first-order valence-electron chi connectivity index (χ1n) is 5.42. The van der Waals surface area contributed by atoms with Crippen molar-refractivity contribution in [2.45, 2.75) is 31.8 Å². The molecule has 0 saturated carbocycles. The summed E-state index contributed by atoms with van der Waals surface area (Å²) in [5, 5.41) is 2.14. The predicted molar refractivity (Wildman–Crippen MR) is 69.2 cm³/mol. The van der Waals surface area contributed by atoms with Gasteiger partial charge in [-0.3, -0.25) is 4.90 Å². The third-order valence-corrected chi connectivity index (χ3v) is 4.94. The summed E-state index contributed by atoms with van der Waals surface area (Å²) < 4.78 is 1.17. The molecule has 2 atom stereocenters. The van der Waals surface area contributed by atoms with E-state index in [1.807, 2.05) is 0 Å². The van der Waals surface area contributed by atoms with Crippen LogP contribution in [-0.2, 0) is 0 Å². The lowest BCUT2D eigenvalue weighted by Crippen LogP contribution is -2.35. The maximum absolute atomic E-state index is 5.91. The fraction of sp³-hybridized carbons (Fsp3) is 0.636. The van der Waals surface area contributed by atoms with Gasteiger partial charge in [0.2, 0.25) is 0 Å². The van der Waals surface area contributed by atoms with Gasteiger partial charge in [0.25, 0.3) is 0 Å². The van der Waals surface area contributed by atoms with Crippen molar-refractivity contribution in [2.24, 2.45) is 5.73 Å². The number of thiophene rings is 1. The second-order valence-corrected chi connectivity index (χ2v) is 6.01. The Morgan fingerprint density at radius 1 is 1.73 bits per heavy atom. The monoisotopic (exact) mass is 288 g/mol. The van der Waals surface area contributed by atoms with Crippen LogP contribution < -0.4 is 5.73 Å². The van der Waals surface area contributed by atoms with Crippen LogP contribution in [0.2, 0.25) is 0 Å². The summed E-state index contributed by atoms with van der Waals surface area (Å²) in [7, 11) is 0. The number of nitrogens with two attached hydrogens (primary N) is 1. The first-order valence-corrected chi connectivity index (χ1v) is 7.09. The van der Waals surface area contributed by atoms with Gasteiger partial charge in [0.05, 0.1) is 6.04 Å². The average molecular weight is 289 g/mol. The zero-order valence-corrected chi connectivity index (χ0v) is 11.4. The zero-order chi connectivity index (χ0) is 10.8. The van der Waals surface area contributed by atoms with Crippen LogP contribution >= 0.6 is 27.3 Å². The molecule has 0 bridgehead atoms. The van der Waals surface area contributed by atoms with Gasteiger partial charge in [-0.15, -0.1) is 11.3 Å². The van der Waals surface area contributed by atoms with Crippen LogP contribution in [0.4, 0.5) is 0 Å². The lowest BCUT2D eigenvalue weighted by Gasteiger charge is -2.29. The van der Waals surface area contributed by atoms with E-state index in [9.17, 15) is 0 Å². The van der Waals surface area contributed by atoms with E-state index in [2.05, 4.69) is 39.2 Å². The standard InChI is InChI=1S/C11H17BrN2S/c1-8-3-2-4-14(8)10(6-13)11-5-9(12)7-15-11/h5,7-8,10H,2-4,6,13H2,1H3. The number of nitrogens with zero attached hydrogens (tertiary/aromatic N) is 1. The molecule has 0 amide bonds. The van der Waals surface area contributed by atoms with E-state index in [0.29, 0.717) is 12.1 Å². The Balaban J connectivity index is 2.16. The van der Waals surface area contributed by atoms with E-state index < -0.39 is 0 Å². The zero-order valence-electron chi connectivity index (χ0n) is 8.95. The predicted octanol–water partition coefficient (Wildman–Crippen LogP) is 2.99. The minimum atomic E-state index is 0.416. The molecule has 84 valence electrons. The van der Waals surface area contributed by atoms with E-state index in [-0.39, 0.29) is 0 Å². The normalized spacial score (nSPS) is 24.6. The van der Waals surface area contributed by atoms with Crippen molar-refractivity contribution in [3.8, 4) is 0 Å².